The van der Waals surface area contributed by atoms with Crippen LogP contribution in [0.25, 0.3) is 81.4 Å². The molecule has 1 aliphatic carbocycles. The zero-order valence-corrected chi connectivity index (χ0v) is 26.8. The molecule has 3 nitrogen and oxygen atoms in total. The van der Waals surface area contributed by atoms with E-state index in [4.69, 9.17) is 9.97 Å². The highest BCUT2D eigenvalue weighted by molar-refractivity contribution is 7.26. The van der Waals surface area contributed by atoms with Crippen molar-refractivity contribution in [3.63, 3.8) is 0 Å². The number of rotatable bonds is 3. The summed E-state index contributed by atoms with van der Waals surface area (Å²) >= 11 is 1.89. The van der Waals surface area contributed by atoms with Gasteiger partial charge in [0.1, 0.15) is 0 Å². The van der Waals surface area contributed by atoms with Crippen molar-refractivity contribution >= 4 is 53.3 Å². The molecule has 1 aliphatic rings. The van der Waals surface area contributed by atoms with Gasteiger partial charge in [0.25, 0.3) is 0 Å². The molecule has 0 saturated carbocycles. The molecule has 6 aromatic carbocycles. The van der Waals surface area contributed by atoms with Crippen LogP contribution in [0.2, 0.25) is 0 Å². The van der Waals surface area contributed by atoms with E-state index in [-0.39, 0.29) is 5.41 Å². The van der Waals surface area contributed by atoms with Gasteiger partial charge in [-0.3, -0.25) is 0 Å². The topological polar surface area (TPSA) is 30.7 Å². The van der Waals surface area contributed by atoms with Gasteiger partial charge in [0.2, 0.25) is 0 Å². The van der Waals surface area contributed by atoms with Gasteiger partial charge in [0.15, 0.2) is 5.82 Å². The third-order valence-corrected chi connectivity index (χ3v) is 11.2. The highest BCUT2D eigenvalue weighted by Crippen LogP contribution is 2.51. The van der Waals surface area contributed by atoms with Crippen molar-refractivity contribution in [2.24, 2.45) is 0 Å². The number of aromatic nitrogens is 3. The second-order valence-electron chi connectivity index (χ2n) is 13.0. The van der Waals surface area contributed by atoms with Gasteiger partial charge in [-0.2, -0.15) is 0 Å². The normalized spacial score (nSPS) is 13.5. The molecule has 0 spiro atoms. The minimum atomic E-state index is -0.243. The molecule has 3 aromatic heterocycles. The van der Waals surface area contributed by atoms with Crippen LogP contribution in [0.5, 0.6) is 0 Å². The maximum absolute atomic E-state index is 5.34. The lowest BCUT2D eigenvalue weighted by Gasteiger charge is -2.21. The van der Waals surface area contributed by atoms with Crippen molar-refractivity contribution in [2.45, 2.75) is 19.3 Å². The molecule has 0 unspecified atom stereocenters. The predicted octanol–water partition coefficient (Wildman–Crippen LogP) is 11.6. The van der Waals surface area contributed by atoms with Crippen LogP contribution in [0.15, 0.2) is 140 Å². The lowest BCUT2D eigenvalue weighted by Crippen LogP contribution is -2.17. The fourth-order valence-electron chi connectivity index (χ4n) is 7.77. The Morgan fingerprint density at radius 3 is 2.23 bits per heavy atom. The van der Waals surface area contributed by atoms with Crippen LogP contribution in [0, 0.1) is 0 Å². The molecule has 0 radical (unpaired) electrons. The van der Waals surface area contributed by atoms with Gasteiger partial charge in [0, 0.05) is 58.7 Å². The summed E-state index contributed by atoms with van der Waals surface area (Å²) in [6.45, 7) is 4.57. The summed E-state index contributed by atoms with van der Waals surface area (Å²) in [5.74, 6) is 0.759. The smallest absolute Gasteiger partial charge is 0.160 e. The molecule has 47 heavy (non-hydrogen) atoms. The number of para-hydroxylation sites is 1. The first kappa shape index (κ1) is 26.6. The van der Waals surface area contributed by atoms with E-state index in [2.05, 4.69) is 152 Å². The third-order valence-electron chi connectivity index (χ3n) is 9.96. The number of hydrogen-bond donors (Lipinski definition) is 0. The molecule has 222 valence electrons. The average Bonchev–Trinajstić information content (AvgIpc) is 3.74. The Labute approximate surface area is 276 Å². The SMILES string of the molecule is CC1(C)c2ccccc2-c2c(-c3cccc(-n4c5ccccc5c5c6sc7ccccc7c6ccc54)c3)nc(-c3ccccc3)nc21. The zero-order chi connectivity index (χ0) is 31.3. The summed E-state index contributed by atoms with van der Waals surface area (Å²) in [5.41, 5.74) is 11.1. The van der Waals surface area contributed by atoms with E-state index >= 15 is 0 Å². The number of fused-ring (bicyclic) bond motifs is 10. The maximum atomic E-state index is 5.34. The van der Waals surface area contributed by atoms with E-state index < -0.39 is 0 Å². The molecule has 0 amide bonds. The standard InChI is InChI=1S/C43H29N3S/c1-43(2)33-20-9-6-18-31(33)38-39(44-42(45-41(38)43)26-13-4-3-5-14-26)27-15-12-16-28(25-27)46-34-21-10-7-19-32(34)37-35(46)24-23-30-29-17-8-11-22-36(29)47-40(30)37/h3-25H,1-2H3. The summed E-state index contributed by atoms with van der Waals surface area (Å²) in [6.07, 6.45) is 0. The van der Waals surface area contributed by atoms with Crippen molar-refractivity contribution in [1.82, 2.24) is 14.5 Å². The zero-order valence-electron chi connectivity index (χ0n) is 26.0. The molecule has 0 N–H and O–H groups in total. The second-order valence-corrected chi connectivity index (χ2v) is 14.0. The Kier molecular flexibility index (Phi) is 5.50. The first-order chi connectivity index (χ1) is 23.1. The summed E-state index contributed by atoms with van der Waals surface area (Å²) in [6, 6.07) is 50.2. The van der Waals surface area contributed by atoms with Crippen LogP contribution in [0.3, 0.4) is 0 Å². The third kappa shape index (κ3) is 3.73. The largest absolute Gasteiger partial charge is 0.309 e. The van der Waals surface area contributed by atoms with Gasteiger partial charge in [0.05, 0.1) is 22.4 Å². The highest BCUT2D eigenvalue weighted by Gasteiger charge is 2.39. The lowest BCUT2D eigenvalue weighted by molar-refractivity contribution is 0.636. The molecule has 10 rings (SSSR count). The number of benzene rings is 6. The fourth-order valence-corrected chi connectivity index (χ4v) is 9.03. The van der Waals surface area contributed by atoms with Crippen LogP contribution in [0.1, 0.15) is 25.1 Å². The van der Waals surface area contributed by atoms with Crippen LogP contribution in [-0.2, 0) is 5.41 Å². The van der Waals surface area contributed by atoms with E-state index in [0.717, 1.165) is 39.6 Å². The van der Waals surface area contributed by atoms with Crippen LogP contribution >= 0.6 is 11.3 Å². The van der Waals surface area contributed by atoms with Crippen molar-refractivity contribution in [3.8, 4) is 39.5 Å². The highest BCUT2D eigenvalue weighted by atomic mass is 32.1. The van der Waals surface area contributed by atoms with E-state index in [1.807, 2.05) is 17.4 Å². The van der Waals surface area contributed by atoms with Gasteiger partial charge < -0.3 is 4.57 Å². The minimum absolute atomic E-state index is 0.243. The molecule has 0 fully saturated rings. The van der Waals surface area contributed by atoms with Crippen molar-refractivity contribution in [3.05, 3.63) is 151 Å². The van der Waals surface area contributed by atoms with Crippen LogP contribution in [0.4, 0.5) is 0 Å². The molecule has 9 aromatic rings. The Balaban J connectivity index is 1.25. The van der Waals surface area contributed by atoms with Crippen molar-refractivity contribution in [1.29, 1.82) is 0 Å². The fraction of sp³-hybridized carbons (Fsp3) is 0.0698. The van der Waals surface area contributed by atoms with Gasteiger partial charge >= 0.3 is 0 Å². The van der Waals surface area contributed by atoms with E-state index in [1.165, 1.54) is 53.1 Å². The van der Waals surface area contributed by atoms with E-state index in [9.17, 15) is 0 Å². The van der Waals surface area contributed by atoms with Crippen LogP contribution in [-0.4, -0.2) is 14.5 Å². The molecule has 3 heterocycles. The summed E-state index contributed by atoms with van der Waals surface area (Å²) in [4.78, 5) is 10.6. The number of nitrogens with zero attached hydrogens (tertiary/aromatic N) is 3. The van der Waals surface area contributed by atoms with Crippen molar-refractivity contribution < 1.29 is 0 Å². The molecule has 0 bridgehead atoms. The Morgan fingerprint density at radius 1 is 0.596 bits per heavy atom. The first-order valence-corrected chi connectivity index (χ1v) is 16.9. The van der Waals surface area contributed by atoms with E-state index in [0.29, 0.717) is 0 Å². The molecule has 0 saturated heterocycles. The quantitative estimate of drug-likeness (QED) is 0.197. The average molecular weight is 620 g/mol. The first-order valence-electron chi connectivity index (χ1n) is 16.1. The Hall–Kier alpha value is -5.58. The Bertz CT molecular complexity index is 2710. The minimum Gasteiger partial charge on any atom is -0.309 e. The molecular weight excluding hydrogens is 591 g/mol. The van der Waals surface area contributed by atoms with Crippen molar-refractivity contribution in [2.75, 3.05) is 0 Å². The van der Waals surface area contributed by atoms with Gasteiger partial charge in [-0.25, -0.2) is 9.97 Å². The number of hydrogen-bond acceptors (Lipinski definition) is 3. The summed E-state index contributed by atoms with van der Waals surface area (Å²) in [5, 5.41) is 5.23. The Morgan fingerprint density at radius 2 is 1.34 bits per heavy atom. The molecular formula is C43H29N3S. The van der Waals surface area contributed by atoms with Crippen LogP contribution < -0.4 is 0 Å². The second kappa shape index (κ2) is 9.71. The monoisotopic (exact) mass is 619 g/mol. The van der Waals surface area contributed by atoms with Gasteiger partial charge in [-0.15, -0.1) is 11.3 Å². The summed E-state index contributed by atoms with van der Waals surface area (Å²) < 4.78 is 5.09. The molecule has 4 heteroatoms. The number of thiophene rings is 1. The molecule has 0 aliphatic heterocycles. The summed E-state index contributed by atoms with van der Waals surface area (Å²) in [7, 11) is 0. The predicted molar refractivity (Wildman–Crippen MR) is 198 cm³/mol. The van der Waals surface area contributed by atoms with E-state index in [1.54, 1.807) is 0 Å². The maximum Gasteiger partial charge on any atom is 0.160 e. The van der Waals surface area contributed by atoms with Gasteiger partial charge in [-0.1, -0.05) is 123 Å². The lowest BCUT2D eigenvalue weighted by atomic mass is 9.85. The molecule has 0 atom stereocenters. The van der Waals surface area contributed by atoms with Gasteiger partial charge in [-0.05, 0) is 41.5 Å².